The number of hydrogen-bond acceptors (Lipinski definition) is 5. The average molecular weight is 456 g/mol. The quantitative estimate of drug-likeness (QED) is 0.339. The van der Waals surface area contributed by atoms with E-state index in [2.05, 4.69) is 5.32 Å². The van der Waals surface area contributed by atoms with Gasteiger partial charge in [0.25, 0.3) is 23.4 Å². The van der Waals surface area contributed by atoms with E-state index in [1.54, 1.807) is 24.3 Å². The third-order valence-electron chi connectivity index (χ3n) is 4.66. The summed E-state index contributed by atoms with van der Waals surface area (Å²) in [7, 11) is 0. The number of hydrogen-bond donors (Lipinski definition) is 1. The molecular formula is C21H11Cl2N3O5. The molecule has 1 heterocycles. The van der Waals surface area contributed by atoms with Gasteiger partial charge in [0.1, 0.15) is 0 Å². The van der Waals surface area contributed by atoms with E-state index < -0.39 is 22.6 Å². The lowest BCUT2D eigenvalue weighted by atomic mass is 10.1. The van der Waals surface area contributed by atoms with Crippen LogP contribution in [0.5, 0.6) is 0 Å². The van der Waals surface area contributed by atoms with Crippen LogP contribution < -0.4 is 10.2 Å². The minimum atomic E-state index is -0.705. The van der Waals surface area contributed by atoms with Crippen LogP contribution in [0.4, 0.5) is 17.1 Å². The SMILES string of the molecule is O=C(Nc1ccc(N2C(=O)c3ccccc3C2=O)cc1Cl)c1cc([N+](=O)[O-])ccc1Cl. The third-order valence-corrected chi connectivity index (χ3v) is 5.30. The number of amides is 3. The summed E-state index contributed by atoms with van der Waals surface area (Å²) in [5.41, 5.74) is 0.609. The van der Waals surface area contributed by atoms with Crippen molar-refractivity contribution in [1.82, 2.24) is 0 Å². The Morgan fingerprint density at radius 3 is 2.13 bits per heavy atom. The highest BCUT2D eigenvalue weighted by molar-refractivity contribution is 6.37. The van der Waals surface area contributed by atoms with Crippen LogP contribution >= 0.6 is 23.2 Å². The number of fused-ring (bicyclic) bond motifs is 1. The number of anilines is 2. The second kappa shape index (κ2) is 7.82. The Bertz CT molecular complexity index is 1260. The van der Waals surface area contributed by atoms with E-state index in [0.29, 0.717) is 11.1 Å². The zero-order chi connectivity index (χ0) is 22.3. The van der Waals surface area contributed by atoms with Crippen LogP contribution in [0.2, 0.25) is 10.0 Å². The van der Waals surface area contributed by atoms with Gasteiger partial charge in [0.05, 0.1) is 43.0 Å². The lowest BCUT2D eigenvalue weighted by molar-refractivity contribution is -0.384. The lowest BCUT2D eigenvalue weighted by Crippen LogP contribution is -2.29. The maximum absolute atomic E-state index is 12.6. The minimum absolute atomic E-state index is 0.0295. The summed E-state index contributed by atoms with van der Waals surface area (Å²) in [5, 5.41) is 13.6. The molecular weight excluding hydrogens is 445 g/mol. The summed E-state index contributed by atoms with van der Waals surface area (Å²) in [5.74, 6) is -1.65. The fourth-order valence-electron chi connectivity index (χ4n) is 3.16. The predicted octanol–water partition coefficient (Wildman–Crippen LogP) is 4.95. The molecule has 31 heavy (non-hydrogen) atoms. The maximum Gasteiger partial charge on any atom is 0.270 e. The molecule has 1 N–H and O–H groups in total. The molecule has 10 heteroatoms. The van der Waals surface area contributed by atoms with Gasteiger partial charge in [-0.15, -0.1) is 0 Å². The molecule has 1 aliphatic rings. The van der Waals surface area contributed by atoms with Crippen molar-refractivity contribution in [3.8, 4) is 0 Å². The van der Waals surface area contributed by atoms with Crippen molar-refractivity contribution in [2.75, 3.05) is 10.2 Å². The van der Waals surface area contributed by atoms with Gasteiger partial charge in [-0.25, -0.2) is 4.90 Å². The molecule has 4 rings (SSSR count). The first kappa shape index (κ1) is 20.5. The van der Waals surface area contributed by atoms with Crippen molar-refractivity contribution < 1.29 is 19.3 Å². The minimum Gasteiger partial charge on any atom is -0.321 e. The molecule has 3 amide bonds. The monoisotopic (exact) mass is 455 g/mol. The van der Waals surface area contributed by atoms with Crippen molar-refractivity contribution in [3.63, 3.8) is 0 Å². The Kier molecular flexibility index (Phi) is 5.18. The van der Waals surface area contributed by atoms with Crippen LogP contribution in [-0.4, -0.2) is 22.6 Å². The molecule has 0 spiro atoms. The van der Waals surface area contributed by atoms with Crippen molar-refractivity contribution in [1.29, 1.82) is 0 Å². The number of benzene rings is 3. The normalized spacial score (nSPS) is 12.6. The molecule has 0 bridgehead atoms. The Hall–Kier alpha value is -3.75. The zero-order valence-electron chi connectivity index (χ0n) is 15.5. The molecule has 0 saturated heterocycles. The number of carbonyl (C=O) groups is 3. The number of nitro benzene ring substituents is 1. The first-order valence-corrected chi connectivity index (χ1v) is 9.56. The van der Waals surface area contributed by atoms with Crippen LogP contribution in [0.3, 0.4) is 0 Å². The summed E-state index contributed by atoms with van der Waals surface area (Å²) in [4.78, 5) is 49.1. The molecule has 0 radical (unpaired) electrons. The highest BCUT2D eigenvalue weighted by atomic mass is 35.5. The molecule has 0 unspecified atom stereocenters. The van der Waals surface area contributed by atoms with Gasteiger partial charge < -0.3 is 5.32 Å². The van der Waals surface area contributed by atoms with E-state index in [1.807, 2.05) is 0 Å². The fourth-order valence-corrected chi connectivity index (χ4v) is 3.58. The van der Waals surface area contributed by atoms with Crippen molar-refractivity contribution >= 4 is 58.0 Å². The molecule has 8 nitrogen and oxygen atoms in total. The molecule has 0 aliphatic carbocycles. The number of nitrogens with one attached hydrogen (secondary N) is 1. The van der Waals surface area contributed by atoms with Gasteiger partial charge in [0.15, 0.2) is 0 Å². The first-order chi connectivity index (χ1) is 14.8. The lowest BCUT2D eigenvalue weighted by Gasteiger charge is -2.16. The van der Waals surface area contributed by atoms with Gasteiger partial charge in [-0.3, -0.25) is 24.5 Å². The number of nitrogens with zero attached hydrogens (tertiary/aromatic N) is 2. The molecule has 0 atom stereocenters. The van der Waals surface area contributed by atoms with E-state index in [4.69, 9.17) is 23.2 Å². The van der Waals surface area contributed by atoms with Gasteiger partial charge in [-0.05, 0) is 36.4 Å². The number of rotatable bonds is 4. The zero-order valence-corrected chi connectivity index (χ0v) is 17.0. The number of imide groups is 1. The van der Waals surface area contributed by atoms with Crippen molar-refractivity contribution in [2.45, 2.75) is 0 Å². The number of halogens is 2. The number of nitro groups is 1. The topological polar surface area (TPSA) is 110 Å². The van der Waals surface area contributed by atoms with Crippen molar-refractivity contribution in [3.05, 3.63) is 97.5 Å². The summed E-state index contributed by atoms with van der Waals surface area (Å²) in [6.07, 6.45) is 0. The largest absolute Gasteiger partial charge is 0.321 e. The second-order valence-electron chi connectivity index (χ2n) is 6.53. The molecule has 0 fully saturated rings. The molecule has 0 aromatic heterocycles. The Balaban J connectivity index is 1.60. The molecule has 0 saturated carbocycles. The fraction of sp³-hybridized carbons (Fsp3) is 0. The van der Waals surface area contributed by atoms with E-state index in [1.165, 1.54) is 30.3 Å². The highest BCUT2D eigenvalue weighted by Crippen LogP contribution is 2.33. The number of non-ortho nitro benzene ring substituents is 1. The van der Waals surface area contributed by atoms with Gasteiger partial charge >= 0.3 is 0 Å². The standard InChI is InChI=1S/C21H11Cl2N3O5/c22-16-7-5-12(26(30)31)9-15(16)19(27)24-18-8-6-11(10-17(18)23)25-20(28)13-3-1-2-4-14(13)21(25)29/h1-10H,(H,24,27). The van der Waals surface area contributed by atoms with Gasteiger partial charge in [0, 0.05) is 12.1 Å². The summed E-state index contributed by atoms with van der Waals surface area (Å²) < 4.78 is 0. The van der Waals surface area contributed by atoms with Crippen LogP contribution in [-0.2, 0) is 0 Å². The average Bonchev–Trinajstić information content (AvgIpc) is 3.00. The summed E-state index contributed by atoms with van der Waals surface area (Å²) >= 11 is 12.3. The van der Waals surface area contributed by atoms with Gasteiger partial charge in [0.2, 0.25) is 0 Å². The van der Waals surface area contributed by atoms with E-state index in [0.717, 1.165) is 11.0 Å². The molecule has 3 aromatic carbocycles. The summed E-state index contributed by atoms with van der Waals surface area (Å²) in [6.45, 7) is 0. The third kappa shape index (κ3) is 3.63. The smallest absolute Gasteiger partial charge is 0.270 e. The van der Waals surface area contributed by atoms with E-state index >= 15 is 0 Å². The Morgan fingerprint density at radius 2 is 1.55 bits per heavy atom. The highest BCUT2D eigenvalue weighted by Gasteiger charge is 2.36. The van der Waals surface area contributed by atoms with Crippen LogP contribution in [0.1, 0.15) is 31.1 Å². The Labute approximate surface area is 185 Å². The van der Waals surface area contributed by atoms with E-state index in [-0.39, 0.29) is 32.7 Å². The van der Waals surface area contributed by atoms with E-state index in [9.17, 15) is 24.5 Å². The number of carbonyl (C=O) groups excluding carboxylic acids is 3. The van der Waals surface area contributed by atoms with Crippen LogP contribution in [0, 0.1) is 10.1 Å². The maximum atomic E-state index is 12.6. The molecule has 154 valence electrons. The van der Waals surface area contributed by atoms with Gasteiger partial charge in [-0.2, -0.15) is 0 Å². The van der Waals surface area contributed by atoms with Crippen molar-refractivity contribution in [2.24, 2.45) is 0 Å². The Morgan fingerprint density at radius 1 is 0.903 bits per heavy atom. The molecule has 1 aliphatic heterocycles. The summed E-state index contributed by atoms with van der Waals surface area (Å²) in [6, 6.07) is 14.2. The van der Waals surface area contributed by atoms with Crippen LogP contribution in [0.15, 0.2) is 60.7 Å². The first-order valence-electron chi connectivity index (χ1n) is 8.80. The van der Waals surface area contributed by atoms with Crippen LogP contribution in [0.25, 0.3) is 0 Å². The second-order valence-corrected chi connectivity index (χ2v) is 7.35. The molecule has 3 aromatic rings. The van der Waals surface area contributed by atoms with Gasteiger partial charge in [-0.1, -0.05) is 35.3 Å². The predicted molar refractivity (Wildman–Crippen MR) is 115 cm³/mol.